The van der Waals surface area contributed by atoms with Crippen LogP contribution in [0.25, 0.3) is 11.3 Å². The van der Waals surface area contributed by atoms with E-state index in [2.05, 4.69) is 15.1 Å². The molecule has 1 fully saturated rings. The van der Waals surface area contributed by atoms with Crippen molar-refractivity contribution >= 4 is 5.91 Å². The third-order valence-corrected chi connectivity index (χ3v) is 4.84. The van der Waals surface area contributed by atoms with Crippen LogP contribution in [0.4, 0.5) is 0 Å². The van der Waals surface area contributed by atoms with Crippen molar-refractivity contribution in [3.63, 3.8) is 0 Å². The van der Waals surface area contributed by atoms with E-state index in [1.54, 1.807) is 6.33 Å². The normalized spacial score (nSPS) is 18.0. The molecule has 0 radical (unpaired) electrons. The second-order valence-electron chi connectivity index (χ2n) is 7.25. The van der Waals surface area contributed by atoms with Crippen molar-refractivity contribution in [2.75, 3.05) is 13.1 Å². The Morgan fingerprint density at radius 2 is 2.16 bits per heavy atom. The fraction of sp³-hybridized carbons (Fsp3) is 0.579. The van der Waals surface area contributed by atoms with Crippen LogP contribution in [0.15, 0.2) is 16.9 Å². The molecule has 0 aromatic carbocycles. The highest BCUT2D eigenvalue weighted by Crippen LogP contribution is 2.27. The van der Waals surface area contributed by atoms with Gasteiger partial charge >= 0.3 is 0 Å². The van der Waals surface area contributed by atoms with Gasteiger partial charge in [-0.05, 0) is 45.1 Å². The van der Waals surface area contributed by atoms with Crippen LogP contribution in [0.1, 0.15) is 43.8 Å². The minimum absolute atomic E-state index is 0.0592. The van der Waals surface area contributed by atoms with E-state index in [9.17, 15) is 4.79 Å². The molecule has 0 saturated carbocycles. The number of aryl methyl sites for hydroxylation is 2. The first-order valence-electron chi connectivity index (χ1n) is 8.98. The number of piperidine rings is 1. The number of carbonyl (C=O) groups is 1. The lowest BCUT2D eigenvalue weighted by molar-refractivity contribution is -0.136. The molecule has 1 unspecified atom stereocenters. The van der Waals surface area contributed by atoms with Gasteiger partial charge < -0.3 is 9.42 Å². The highest BCUT2D eigenvalue weighted by Gasteiger charge is 2.25. The monoisotopic (exact) mass is 342 g/mol. The van der Waals surface area contributed by atoms with Crippen LogP contribution in [0.3, 0.4) is 0 Å². The minimum atomic E-state index is 0.0592. The molecule has 1 aliphatic rings. The van der Waals surface area contributed by atoms with E-state index in [1.807, 2.05) is 38.7 Å². The second-order valence-corrected chi connectivity index (χ2v) is 7.25. The van der Waals surface area contributed by atoms with E-state index in [4.69, 9.17) is 4.52 Å². The quantitative estimate of drug-likeness (QED) is 0.853. The first-order valence-corrected chi connectivity index (χ1v) is 8.98. The Bertz CT molecular complexity index is 734. The fourth-order valence-electron chi connectivity index (χ4n) is 3.59. The van der Waals surface area contributed by atoms with Crippen LogP contribution >= 0.6 is 0 Å². The second kappa shape index (κ2) is 7.33. The molecule has 2 aromatic heterocycles. The third kappa shape index (κ3) is 3.89. The Balaban J connectivity index is 1.73. The van der Waals surface area contributed by atoms with Crippen molar-refractivity contribution in [2.24, 2.45) is 11.8 Å². The largest absolute Gasteiger partial charge is 0.361 e. The Hall–Kier alpha value is -2.24. The van der Waals surface area contributed by atoms with Gasteiger partial charge in [-0.3, -0.25) is 4.79 Å². The molecule has 6 heteroatoms. The van der Waals surface area contributed by atoms with Crippen molar-refractivity contribution in [1.82, 2.24) is 20.0 Å². The summed E-state index contributed by atoms with van der Waals surface area (Å²) < 4.78 is 5.25. The number of amides is 1. The van der Waals surface area contributed by atoms with Gasteiger partial charge in [-0.1, -0.05) is 19.0 Å². The number of aromatic nitrogens is 3. The molecule has 0 N–H and O–H groups in total. The zero-order valence-electron chi connectivity index (χ0n) is 15.5. The summed E-state index contributed by atoms with van der Waals surface area (Å²) in [7, 11) is 0. The van der Waals surface area contributed by atoms with Crippen molar-refractivity contribution < 1.29 is 9.32 Å². The van der Waals surface area contributed by atoms with Crippen molar-refractivity contribution in [3.8, 4) is 11.3 Å². The lowest BCUT2D eigenvalue weighted by atomic mass is 9.92. The van der Waals surface area contributed by atoms with Crippen molar-refractivity contribution in [2.45, 2.75) is 47.0 Å². The predicted molar refractivity (Wildman–Crippen MR) is 94.8 cm³/mol. The van der Waals surface area contributed by atoms with Crippen molar-refractivity contribution in [3.05, 3.63) is 29.5 Å². The maximum atomic E-state index is 12.3. The van der Waals surface area contributed by atoms with E-state index in [0.29, 0.717) is 5.92 Å². The zero-order valence-corrected chi connectivity index (χ0v) is 15.5. The van der Waals surface area contributed by atoms with E-state index < -0.39 is 0 Å². The Labute approximate surface area is 148 Å². The average Bonchev–Trinajstić information content (AvgIpc) is 2.93. The van der Waals surface area contributed by atoms with Gasteiger partial charge in [-0.2, -0.15) is 0 Å². The predicted octanol–water partition coefficient (Wildman–Crippen LogP) is 3.19. The Kier molecular flexibility index (Phi) is 5.16. The molecule has 0 bridgehead atoms. The van der Waals surface area contributed by atoms with Crippen LogP contribution in [-0.4, -0.2) is 39.0 Å². The molecule has 1 atom stereocenters. The number of carbonyl (C=O) groups excluding carboxylic acids is 1. The summed E-state index contributed by atoms with van der Waals surface area (Å²) in [5.41, 5.74) is 3.65. The highest BCUT2D eigenvalue weighted by molar-refractivity contribution is 5.78. The zero-order chi connectivity index (χ0) is 18.0. The van der Waals surface area contributed by atoms with E-state index in [0.717, 1.165) is 60.8 Å². The van der Waals surface area contributed by atoms with Crippen LogP contribution in [0, 0.1) is 25.7 Å². The average molecular weight is 342 g/mol. The molecule has 3 rings (SSSR count). The van der Waals surface area contributed by atoms with E-state index in [1.165, 1.54) is 0 Å². The van der Waals surface area contributed by atoms with Gasteiger partial charge in [0.1, 0.15) is 12.1 Å². The van der Waals surface area contributed by atoms with Gasteiger partial charge in [0.15, 0.2) is 0 Å². The number of hydrogen-bond donors (Lipinski definition) is 0. The van der Waals surface area contributed by atoms with Crippen LogP contribution in [-0.2, 0) is 11.2 Å². The smallest absolute Gasteiger partial charge is 0.225 e. The van der Waals surface area contributed by atoms with Gasteiger partial charge in [0.25, 0.3) is 0 Å². The maximum Gasteiger partial charge on any atom is 0.225 e. The minimum Gasteiger partial charge on any atom is -0.361 e. The summed E-state index contributed by atoms with van der Waals surface area (Å²) in [5, 5.41) is 4.00. The molecular formula is C19H26N4O2. The van der Waals surface area contributed by atoms with Gasteiger partial charge in [0.05, 0.1) is 17.0 Å². The topological polar surface area (TPSA) is 72.1 Å². The summed E-state index contributed by atoms with van der Waals surface area (Å²) in [6.07, 6.45) is 4.66. The Morgan fingerprint density at radius 1 is 1.36 bits per heavy atom. The standard InChI is InChI=1S/C19H26N4O2/c1-12(2)19(24)23-7-5-6-15(10-23)8-16-9-17(21-11-20-16)18-13(3)22-25-14(18)4/h9,11-12,15H,5-8,10H2,1-4H3. The van der Waals surface area contributed by atoms with E-state index >= 15 is 0 Å². The molecule has 6 nitrogen and oxygen atoms in total. The summed E-state index contributed by atoms with van der Waals surface area (Å²) >= 11 is 0. The van der Waals surface area contributed by atoms with E-state index in [-0.39, 0.29) is 11.8 Å². The lowest BCUT2D eigenvalue weighted by Gasteiger charge is -2.33. The molecule has 2 aromatic rings. The first kappa shape index (κ1) is 17.6. The molecule has 0 spiro atoms. The summed E-state index contributed by atoms with van der Waals surface area (Å²) in [6, 6.07) is 2.02. The summed E-state index contributed by atoms with van der Waals surface area (Å²) in [6.45, 7) is 9.44. The van der Waals surface area contributed by atoms with Gasteiger partial charge in [-0.25, -0.2) is 9.97 Å². The lowest BCUT2D eigenvalue weighted by Crippen LogP contribution is -2.42. The molecule has 25 heavy (non-hydrogen) atoms. The van der Waals surface area contributed by atoms with Gasteiger partial charge in [0.2, 0.25) is 5.91 Å². The third-order valence-electron chi connectivity index (χ3n) is 4.84. The van der Waals surface area contributed by atoms with Crippen LogP contribution < -0.4 is 0 Å². The van der Waals surface area contributed by atoms with Crippen molar-refractivity contribution in [1.29, 1.82) is 0 Å². The summed E-state index contributed by atoms with van der Waals surface area (Å²) in [5.74, 6) is 1.53. The molecule has 134 valence electrons. The SMILES string of the molecule is Cc1noc(C)c1-c1cc(CC2CCCN(C(=O)C(C)C)C2)ncn1. The number of hydrogen-bond acceptors (Lipinski definition) is 5. The maximum absolute atomic E-state index is 12.3. The van der Waals surface area contributed by atoms with Crippen LogP contribution in [0.2, 0.25) is 0 Å². The highest BCUT2D eigenvalue weighted by atomic mass is 16.5. The number of rotatable bonds is 4. The fourth-order valence-corrected chi connectivity index (χ4v) is 3.59. The summed E-state index contributed by atoms with van der Waals surface area (Å²) in [4.78, 5) is 23.1. The molecule has 1 amide bonds. The Morgan fingerprint density at radius 3 is 2.84 bits per heavy atom. The van der Waals surface area contributed by atoms with Gasteiger partial charge in [0, 0.05) is 24.7 Å². The molecule has 3 heterocycles. The molecular weight excluding hydrogens is 316 g/mol. The molecule has 1 aliphatic heterocycles. The molecule has 1 saturated heterocycles. The van der Waals surface area contributed by atoms with Gasteiger partial charge in [-0.15, -0.1) is 0 Å². The number of likely N-dealkylation sites (tertiary alicyclic amines) is 1. The number of nitrogens with zero attached hydrogens (tertiary/aromatic N) is 4. The molecule has 0 aliphatic carbocycles. The van der Waals surface area contributed by atoms with Crippen LogP contribution in [0.5, 0.6) is 0 Å². The first-order chi connectivity index (χ1) is 12.0.